The average Bonchev–Trinajstić information content (AvgIpc) is 3.42. The van der Waals surface area contributed by atoms with Gasteiger partial charge in [0, 0.05) is 16.4 Å². The van der Waals surface area contributed by atoms with Gasteiger partial charge in [0.2, 0.25) is 5.91 Å². The summed E-state index contributed by atoms with van der Waals surface area (Å²) in [5, 5.41) is 19.8. The fraction of sp³-hybridized carbons (Fsp3) is 0.125. The van der Waals surface area contributed by atoms with E-state index in [0.29, 0.717) is 5.82 Å². The number of aromatic nitrogens is 2. The summed E-state index contributed by atoms with van der Waals surface area (Å²) in [4.78, 5) is 27.7. The maximum absolute atomic E-state index is 13.5. The van der Waals surface area contributed by atoms with Crippen LogP contribution in [0.1, 0.15) is 32.4 Å². The normalized spacial score (nSPS) is 17.8. The molecule has 0 saturated carbocycles. The van der Waals surface area contributed by atoms with Gasteiger partial charge >= 0.3 is 0 Å². The van der Waals surface area contributed by atoms with Crippen molar-refractivity contribution in [2.45, 2.75) is 12.8 Å². The SMILES string of the molecule is Cc1nn(-c2ccccc2)c2c1C(c1cccs1)C(C(=O)c1ccccc1O)C(=O)N2. The lowest BCUT2D eigenvalue weighted by Gasteiger charge is -2.30. The molecule has 0 fully saturated rings. The number of phenolic OH excluding ortho intramolecular Hbond substituents is 1. The van der Waals surface area contributed by atoms with Gasteiger partial charge in [-0.1, -0.05) is 36.4 Å². The number of nitrogens with zero attached hydrogens (tertiary/aromatic N) is 2. The Hall–Kier alpha value is -3.71. The van der Waals surface area contributed by atoms with Gasteiger partial charge in [0.05, 0.1) is 16.9 Å². The zero-order valence-corrected chi connectivity index (χ0v) is 17.5. The monoisotopic (exact) mass is 429 g/mol. The molecule has 0 saturated heterocycles. The Morgan fingerprint density at radius 3 is 2.52 bits per heavy atom. The summed E-state index contributed by atoms with van der Waals surface area (Å²) in [5.74, 6) is -1.87. The largest absolute Gasteiger partial charge is 0.507 e. The highest BCUT2D eigenvalue weighted by atomic mass is 32.1. The van der Waals surface area contributed by atoms with Crippen molar-refractivity contribution < 1.29 is 14.7 Å². The summed E-state index contributed by atoms with van der Waals surface area (Å²) in [7, 11) is 0. The van der Waals surface area contributed by atoms with Gasteiger partial charge in [-0.25, -0.2) is 4.68 Å². The molecule has 4 aromatic rings. The van der Waals surface area contributed by atoms with Crippen molar-refractivity contribution in [1.82, 2.24) is 9.78 Å². The topological polar surface area (TPSA) is 84.2 Å². The quantitative estimate of drug-likeness (QED) is 0.369. The first-order valence-corrected chi connectivity index (χ1v) is 10.8. The molecule has 1 aliphatic rings. The van der Waals surface area contributed by atoms with E-state index in [1.807, 2.05) is 54.8 Å². The molecule has 0 radical (unpaired) electrons. The third-order valence-corrected chi connectivity index (χ3v) is 6.53. The van der Waals surface area contributed by atoms with Crippen LogP contribution in [0.25, 0.3) is 5.69 Å². The van der Waals surface area contributed by atoms with Crippen LogP contribution < -0.4 is 5.32 Å². The van der Waals surface area contributed by atoms with Crippen LogP contribution in [0.5, 0.6) is 5.75 Å². The molecule has 0 spiro atoms. The summed E-state index contributed by atoms with van der Waals surface area (Å²) in [6.07, 6.45) is 0. The van der Waals surface area contributed by atoms with Crippen molar-refractivity contribution in [1.29, 1.82) is 0 Å². The Morgan fingerprint density at radius 1 is 1.06 bits per heavy atom. The average molecular weight is 430 g/mol. The lowest BCUT2D eigenvalue weighted by atomic mass is 9.77. The summed E-state index contributed by atoms with van der Waals surface area (Å²) in [5.41, 5.74) is 2.52. The van der Waals surface area contributed by atoms with Crippen LogP contribution in [-0.4, -0.2) is 26.6 Å². The van der Waals surface area contributed by atoms with Crippen LogP contribution in [0, 0.1) is 12.8 Å². The number of fused-ring (bicyclic) bond motifs is 1. The van der Waals surface area contributed by atoms with Crippen molar-refractivity contribution in [3.05, 3.63) is 93.8 Å². The van der Waals surface area contributed by atoms with Crippen molar-refractivity contribution >= 4 is 28.8 Å². The maximum Gasteiger partial charge on any atom is 0.237 e. The first-order valence-electron chi connectivity index (χ1n) is 9.87. The Morgan fingerprint density at radius 2 is 1.81 bits per heavy atom. The van der Waals surface area contributed by atoms with Crippen LogP contribution in [-0.2, 0) is 4.79 Å². The third kappa shape index (κ3) is 3.14. The number of Topliss-reactive ketones (excluding diaryl/α,β-unsaturated/α-hetero) is 1. The van der Waals surface area contributed by atoms with E-state index in [1.54, 1.807) is 22.9 Å². The van der Waals surface area contributed by atoms with Gasteiger partial charge in [0.1, 0.15) is 17.5 Å². The molecule has 1 amide bonds. The molecule has 6 nitrogen and oxygen atoms in total. The molecule has 0 bridgehead atoms. The molecule has 0 aliphatic carbocycles. The summed E-state index contributed by atoms with van der Waals surface area (Å²) in [6, 6.07) is 19.7. The number of aryl methyl sites for hydroxylation is 1. The van der Waals surface area contributed by atoms with Gasteiger partial charge in [-0.3, -0.25) is 9.59 Å². The molecule has 154 valence electrons. The number of ketones is 1. The zero-order chi connectivity index (χ0) is 21.5. The molecule has 2 aromatic heterocycles. The summed E-state index contributed by atoms with van der Waals surface area (Å²) in [6.45, 7) is 1.89. The number of hydrogen-bond donors (Lipinski definition) is 2. The number of anilines is 1. The fourth-order valence-corrected chi connectivity index (χ4v) is 5.07. The van der Waals surface area contributed by atoms with Crippen molar-refractivity contribution in [3.63, 3.8) is 0 Å². The van der Waals surface area contributed by atoms with Crippen LogP contribution in [0.15, 0.2) is 72.1 Å². The van der Waals surface area contributed by atoms with Crippen LogP contribution in [0.4, 0.5) is 5.82 Å². The number of benzene rings is 2. The van der Waals surface area contributed by atoms with E-state index in [2.05, 4.69) is 10.4 Å². The Balaban J connectivity index is 1.70. The highest BCUT2D eigenvalue weighted by molar-refractivity contribution is 7.10. The van der Waals surface area contributed by atoms with Gasteiger partial charge in [0.15, 0.2) is 5.78 Å². The second kappa shape index (κ2) is 7.52. The second-order valence-electron chi connectivity index (χ2n) is 7.44. The predicted molar refractivity (Wildman–Crippen MR) is 119 cm³/mol. The van der Waals surface area contributed by atoms with E-state index in [9.17, 15) is 14.7 Å². The molecular formula is C24H19N3O3S. The molecule has 7 heteroatoms. The van der Waals surface area contributed by atoms with E-state index in [0.717, 1.165) is 21.8 Å². The number of hydrogen-bond acceptors (Lipinski definition) is 5. The van der Waals surface area contributed by atoms with E-state index in [-0.39, 0.29) is 11.3 Å². The minimum atomic E-state index is -1.01. The van der Waals surface area contributed by atoms with Gasteiger partial charge < -0.3 is 10.4 Å². The first-order chi connectivity index (χ1) is 15.1. The van der Waals surface area contributed by atoms with E-state index in [1.165, 1.54) is 17.4 Å². The van der Waals surface area contributed by atoms with Crippen molar-refractivity contribution in [2.75, 3.05) is 5.32 Å². The fourth-order valence-electron chi connectivity index (χ4n) is 4.20. The third-order valence-electron chi connectivity index (χ3n) is 5.58. The highest BCUT2D eigenvalue weighted by Crippen LogP contribution is 2.46. The summed E-state index contributed by atoms with van der Waals surface area (Å²) >= 11 is 1.50. The molecular weight excluding hydrogens is 410 g/mol. The number of amides is 1. The lowest BCUT2D eigenvalue weighted by Crippen LogP contribution is -2.39. The molecule has 2 aromatic carbocycles. The molecule has 31 heavy (non-hydrogen) atoms. The van der Waals surface area contributed by atoms with E-state index < -0.39 is 23.5 Å². The maximum atomic E-state index is 13.5. The van der Waals surface area contributed by atoms with Crippen molar-refractivity contribution in [3.8, 4) is 11.4 Å². The first kappa shape index (κ1) is 19.3. The summed E-state index contributed by atoms with van der Waals surface area (Å²) < 4.78 is 1.71. The van der Waals surface area contributed by atoms with Crippen LogP contribution in [0.3, 0.4) is 0 Å². The molecule has 5 rings (SSSR count). The zero-order valence-electron chi connectivity index (χ0n) is 16.6. The molecule has 1 aliphatic heterocycles. The predicted octanol–water partition coefficient (Wildman–Crippen LogP) is 4.53. The smallest absolute Gasteiger partial charge is 0.237 e. The number of thiophene rings is 1. The van der Waals surface area contributed by atoms with Crippen LogP contribution >= 0.6 is 11.3 Å². The number of carbonyl (C=O) groups is 2. The minimum absolute atomic E-state index is 0.132. The standard InChI is InChI=1S/C24H19N3O3S/c1-14-19-20(18-12-7-13-31-18)21(22(29)16-10-5-6-11-17(16)28)24(30)25-23(19)27(26-14)15-8-3-2-4-9-15/h2-13,20-21,28H,1H3,(H,25,30). The number of rotatable bonds is 4. The molecule has 2 N–H and O–H groups in total. The number of carbonyl (C=O) groups excluding carboxylic acids is 2. The Labute approximate surface area is 182 Å². The molecule has 2 unspecified atom stereocenters. The van der Waals surface area contributed by atoms with Gasteiger partial charge in [-0.2, -0.15) is 5.10 Å². The second-order valence-corrected chi connectivity index (χ2v) is 8.42. The minimum Gasteiger partial charge on any atom is -0.507 e. The molecule has 3 heterocycles. The van der Waals surface area contributed by atoms with Crippen molar-refractivity contribution in [2.24, 2.45) is 5.92 Å². The van der Waals surface area contributed by atoms with Gasteiger partial charge in [0.25, 0.3) is 0 Å². The van der Waals surface area contributed by atoms with Crippen LogP contribution in [0.2, 0.25) is 0 Å². The van der Waals surface area contributed by atoms with E-state index in [4.69, 9.17) is 0 Å². The lowest BCUT2D eigenvalue weighted by molar-refractivity contribution is -0.119. The number of nitrogens with one attached hydrogen (secondary N) is 1. The number of phenols is 1. The number of para-hydroxylation sites is 2. The van der Waals surface area contributed by atoms with Gasteiger partial charge in [-0.15, -0.1) is 11.3 Å². The molecule has 2 atom stereocenters. The Kier molecular flexibility index (Phi) is 4.67. The van der Waals surface area contributed by atoms with E-state index >= 15 is 0 Å². The van der Waals surface area contributed by atoms with Gasteiger partial charge in [-0.05, 0) is 42.6 Å². The highest BCUT2D eigenvalue weighted by Gasteiger charge is 2.45. The Bertz CT molecular complexity index is 1280. The number of aromatic hydroxyl groups is 1.